The van der Waals surface area contributed by atoms with Crippen molar-refractivity contribution in [1.29, 1.82) is 0 Å². The van der Waals surface area contributed by atoms with Crippen LogP contribution in [0.1, 0.15) is 5.56 Å². The molecule has 0 spiro atoms. The molecule has 0 aliphatic heterocycles. The summed E-state index contributed by atoms with van der Waals surface area (Å²) in [5.74, 6) is 0. The van der Waals surface area contributed by atoms with Crippen molar-refractivity contribution < 1.29 is 8.42 Å². The number of benzene rings is 2. The lowest BCUT2D eigenvalue weighted by atomic mass is 10.2. The maximum atomic E-state index is 12.8. The Balaban J connectivity index is 1.60. The predicted octanol–water partition coefficient (Wildman–Crippen LogP) is 2.31. The smallest absolute Gasteiger partial charge is 0.265 e. The topological polar surface area (TPSA) is 94.7 Å². The van der Waals surface area contributed by atoms with Gasteiger partial charge < -0.3 is 0 Å². The molecule has 2 aromatic heterocycles. The minimum absolute atomic E-state index is 0.0851. The van der Waals surface area contributed by atoms with Gasteiger partial charge in [-0.3, -0.25) is 4.72 Å². The normalized spacial score (nSPS) is 11.4. The number of aromatic nitrogens is 5. The Kier molecular flexibility index (Phi) is 4.43. The Morgan fingerprint density at radius 2 is 1.74 bits per heavy atom. The second-order valence-electron chi connectivity index (χ2n) is 5.81. The molecule has 8 nitrogen and oxygen atoms in total. The quantitative estimate of drug-likeness (QED) is 0.554. The first kappa shape index (κ1) is 17.0. The Labute approximate surface area is 156 Å². The zero-order valence-electron chi connectivity index (χ0n) is 14.2. The van der Waals surface area contributed by atoms with Crippen LogP contribution in [0.3, 0.4) is 0 Å². The van der Waals surface area contributed by atoms with Crippen LogP contribution in [0.4, 0.5) is 5.69 Å². The molecule has 0 fully saturated rings. The molecule has 4 rings (SSSR count). The first-order valence-electron chi connectivity index (χ1n) is 8.15. The Morgan fingerprint density at radius 3 is 2.52 bits per heavy atom. The van der Waals surface area contributed by atoms with Gasteiger partial charge in [0, 0.05) is 0 Å². The lowest BCUT2D eigenvalue weighted by molar-refractivity contribution is 0.601. The monoisotopic (exact) mass is 380 g/mol. The van der Waals surface area contributed by atoms with E-state index in [1.54, 1.807) is 23.1 Å². The Morgan fingerprint density at radius 1 is 0.963 bits per heavy atom. The van der Waals surface area contributed by atoms with Crippen LogP contribution in [0.5, 0.6) is 0 Å². The fraction of sp³-hybridized carbons (Fsp3) is 0.0556. The molecule has 0 aliphatic carbocycles. The Bertz CT molecular complexity index is 1140. The number of anilines is 1. The maximum Gasteiger partial charge on any atom is 0.265 e. The van der Waals surface area contributed by atoms with Crippen LogP contribution in [0.15, 0.2) is 84.5 Å². The zero-order valence-corrected chi connectivity index (χ0v) is 15.0. The number of sulfonamides is 1. The van der Waals surface area contributed by atoms with Crippen LogP contribution in [-0.2, 0) is 16.6 Å². The largest absolute Gasteiger partial charge is 0.279 e. The number of para-hydroxylation sites is 2. The fourth-order valence-electron chi connectivity index (χ4n) is 2.62. The van der Waals surface area contributed by atoms with Gasteiger partial charge >= 0.3 is 0 Å². The van der Waals surface area contributed by atoms with Crippen molar-refractivity contribution in [3.63, 3.8) is 0 Å². The highest BCUT2D eigenvalue weighted by atomic mass is 32.2. The van der Waals surface area contributed by atoms with Crippen molar-refractivity contribution in [2.45, 2.75) is 11.4 Å². The Hall–Kier alpha value is -3.46. The highest BCUT2D eigenvalue weighted by Crippen LogP contribution is 2.21. The molecule has 0 bridgehead atoms. The average Bonchev–Trinajstić information content (AvgIpc) is 3.36. The molecule has 9 heteroatoms. The number of nitrogens with one attached hydrogen (secondary N) is 1. The van der Waals surface area contributed by atoms with E-state index in [0.717, 1.165) is 11.3 Å². The van der Waals surface area contributed by atoms with Crippen LogP contribution in [0.25, 0.3) is 5.69 Å². The maximum absolute atomic E-state index is 12.8. The number of hydrogen-bond acceptors (Lipinski definition) is 5. The summed E-state index contributed by atoms with van der Waals surface area (Å²) in [4.78, 5) is 3.99. The van der Waals surface area contributed by atoms with E-state index in [1.807, 2.05) is 42.5 Å². The number of rotatable bonds is 6. The summed E-state index contributed by atoms with van der Waals surface area (Å²) < 4.78 is 31.4. The summed E-state index contributed by atoms with van der Waals surface area (Å²) in [6, 6.07) is 16.5. The summed E-state index contributed by atoms with van der Waals surface area (Å²) in [7, 11) is -3.78. The molecule has 0 radical (unpaired) electrons. The van der Waals surface area contributed by atoms with Crippen molar-refractivity contribution >= 4 is 15.7 Å². The number of hydrogen-bond donors (Lipinski definition) is 1. The van der Waals surface area contributed by atoms with Crippen LogP contribution < -0.4 is 4.72 Å². The predicted molar refractivity (Wildman–Crippen MR) is 99.9 cm³/mol. The van der Waals surface area contributed by atoms with E-state index in [-0.39, 0.29) is 4.90 Å². The van der Waals surface area contributed by atoms with Gasteiger partial charge in [-0.1, -0.05) is 36.4 Å². The third kappa shape index (κ3) is 3.72. The summed E-state index contributed by atoms with van der Waals surface area (Å²) in [6.45, 7) is 0.405. The fourth-order valence-corrected chi connectivity index (χ4v) is 3.65. The minimum Gasteiger partial charge on any atom is -0.279 e. The number of nitrogens with zero attached hydrogens (tertiary/aromatic N) is 5. The van der Waals surface area contributed by atoms with E-state index in [4.69, 9.17) is 0 Å². The highest BCUT2D eigenvalue weighted by molar-refractivity contribution is 7.92. The van der Waals surface area contributed by atoms with E-state index in [0.29, 0.717) is 12.2 Å². The molecule has 0 amide bonds. The third-order valence-electron chi connectivity index (χ3n) is 3.95. The van der Waals surface area contributed by atoms with Gasteiger partial charge in [0.15, 0.2) is 0 Å². The van der Waals surface area contributed by atoms with E-state index in [2.05, 4.69) is 19.9 Å². The molecule has 0 saturated heterocycles. The molecular formula is C18H16N6O2S. The molecule has 1 N–H and O–H groups in total. The lowest BCUT2D eigenvalue weighted by Gasteiger charge is -2.11. The molecule has 0 saturated carbocycles. The van der Waals surface area contributed by atoms with Crippen molar-refractivity contribution in [3.8, 4) is 5.69 Å². The third-order valence-corrected chi connectivity index (χ3v) is 5.27. The summed E-state index contributed by atoms with van der Waals surface area (Å²) in [5.41, 5.74) is 2.05. The summed E-state index contributed by atoms with van der Waals surface area (Å²) >= 11 is 0. The van der Waals surface area contributed by atoms with E-state index in [9.17, 15) is 8.42 Å². The first-order valence-corrected chi connectivity index (χ1v) is 9.63. The molecular weight excluding hydrogens is 364 g/mol. The van der Waals surface area contributed by atoms with Crippen LogP contribution in [0.2, 0.25) is 0 Å². The zero-order chi connectivity index (χ0) is 18.7. The molecule has 2 aromatic carbocycles. The molecule has 4 aromatic rings. The van der Waals surface area contributed by atoms with Crippen LogP contribution in [0, 0.1) is 0 Å². The van der Waals surface area contributed by atoms with Gasteiger partial charge in [0.05, 0.1) is 30.3 Å². The summed E-state index contributed by atoms with van der Waals surface area (Å²) in [5, 5.41) is 8.21. The van der Waals surface area contributed by atoms with Crippen molar-refractivity contribution in [2.24, 2.45) is 0 Å². The average molecular weight is 380 g/mol. The van der Waals surface area contributed by atoms with Gasteiger partial charge in [-0.2, -0.15) is 10.2 Å². The van der Waals surface area contributed by atoms with Gasteiger partial charge in [-0.25, -0.2) is 22.8 Å². The molecule has 2 heterocycles. The van der Waals surface area contributed by atoms with E-state index in [1.165, 1.54) is 23.4 Å². The van der Waals surface area contributed by atoms with Crippen molar-refractivity contribution in [1.82, 2.24) is 24.5 Å². The minimum atomic E-state index is -3.78. The van der Waals surface area contributed by atoms with Gasteiger partial charge in [0.2, 0.25) is 0 Å². The van der Waals surface area contributed by atoms with E-state index < -0.39 is 10.0 Å². The molecule has 136 valence electrons. The first-order chi connectivity index (χ1) is 13.1. The van der Waals surface area contributed by atoms with Gasteiger partial charge in [-0.15, -0.1) is 0 Å². The second-order valence-corrected chi connectivity index (χ2v) is 7.49. The van der Waals surface area contributed by atoms with Crippen molar-refractivity contribution in [3.05, 3.63) is 85.2 Å². The van der Waals surface area contributed by atoms with Gasteiger partial charge in [0.25, 0.3) is 10.0 Å². The lowest BCUT2D eigenvalue weighted by Crippen LogP contribution is -2.14. The SMILES string of the molecule is O=S(=O)(Nc1ccccc1Cn1cncn1)c1cnn(-c2ccccc2)c1. The van der Waals surface area contributed by atoms with Gasteiger partial charge in [0.1, 0.15) is 17.6 Å². The van der Waals surface area contributed by atoms with Crippen LogP contribution >= 0.6 is 0 Å². The molecule has 0 atom stereocenters. The summed E-state index contributed by atoms with van der Waals surface area (Å²) in [6.07, 6.45) is 5.83. The second kappa shape index (κ2) is 7.04. The van der Waals surface area contributed by atoms with Gasteiger partial charge in [-0.05, 0) is 23.8 Å². The molecule has 27 heavy (non-hydrogen) atoms. The van der Waals surface area contributed by atoms with E-state index >= 15 is 0 Å². The van der Waals surface area contributed by atoms with Crippen LogP contribution in [-0.4, -0.2) is 33.0 Å². The highest BCUT2D eigenvalue weighted by Gasteiger charge is 2.18. The van der Waals surface area contributed by atoms with Crippen molar-refractivity contribution in [2.75, 3.05) is 4.72 Å². The molecule has 0 aliphatic rings. The standard InChI is InChI=1S/C18H16N6O2S/c25-27(26,17-10-20-24(12-17)16-7-2-1-3-8-16)22-18-9-5-4-6-15(18)11-23-14-19-13-21-23/h1-10,12-14,22H,11H2. The molecule has 0 unspecified atom stereocenters.